The third-order valence-corrected chi connectivity index (χ3v) is 6.70. The van der Waals surface area contributed by atoms with Gasteiger partial charge in [-0.25, -0.2) is 14.4 Å². The van der Waals surface area contributed by atoms with Gasteiger partial charge in [0.2, 0.25) is 18.2 Å². The molecule has 1 fully saturated rings. The maximum Gasteiger partial charge on any atom is 0.274 e. The molecule has 0 bridgehead atoms. The third-order valence-electron chi connectivity index (χ3n) is 6.70. The first-order valence-corrected chi connectivity index (χ1v) is 12.2. The third kappa shape index (κ3) is 5.04. The maximum absolute atomic E-state index is 13.6. The number of para-hydroxylation sites is 1. The minimum atomic E-state index is -1.45. The average Bonchev–Trinajstić information content (AvgIpc) is 3.44. The van der Waals surface area contributed by atoms with Crippen LogP contribution in [0.5, 0.6) is 5.75 Å². The van der Waals surface area contributed by atoms with Crippen LogP contribution in [0.4, 0.5) is 10.3 Å². The lowest BCUT2D eigenvalue weighted by atomic mass is 10.1. The van der Waals surface area contributed by atoms with E-state index < -0.39 is 6.36 Å². The summed E-state index contributed by atoms with van der Waals surface area (Å²) < 4.78 is 22.3. The molecule has 0 saturated carbocycles. The molecule has 0 spiro atoms. The number of nitrogens with one attached hydrogen (secondary N) is 1. The van der Waals surface area contributed by atoms with Gasteiger partial charge in [-0.05, 0) is 30.2 Å². The Balaban J connectivity index is 1.41. The first-order valence-electron chi connectivity index (χ1n) is 12.2. The number of fused-ring (bicyclic) bond motifs is 1. The molecular weight excluding hydrogens is 475 g/mol. The van der Waals surface area contributed by atoms with Crippen molar-refractivity contribution in [3.63, 3.8) is 0 Å². The fourth-order valence-electron chi connectivity index (χ4n) is 4.73. The van der Waals surface area contributed by atoms with Crippen LogP contribution >= 0.6 is 0 Å². The van der Waals surface area contributed by atoms with E-state index in [1.807, 2.05) is 33.8 Å². The number of hydrogen-bond acceptors (Lipinski definition) is 6. The fraction of sp³-hybridized carbons (Fsp3) is 0.333. The van der Waals surface area contributed by atoms with Gasteiger partial charge in [-0.2, -0.15) is 0 Å². The lowest BCUT2D eigenvalue weighted by Gasteiger charge is -2.15. The molecule has 2 aromatic carbocycles. The Labute approximate surface area is 213 Å². The van der Waals surface area contributed by atoms with E-state index >= 15 is 0 Å². The number of carbonyl (C=O) groups is 1. The Morgan fingerprint density at radius 3 is 2.65 bits per heavy atom. The second-order valence-electron chi connectivity index (χ2n) is 9.28. The number of aromatic nitrogens is 4. The van der Waals surface area contributed by atoms with E-state index in [1.54, 1.807) is 49.2 Å². The average molecular weight is 505 g/mol. The van der Waals surface area contributed by atoms with Crippen LogP contribution in [0.3, 0.4) is 0 Å². The Morgan fingerprint density at radius 1 is 1.19 bits per heavy atom. The number of likely N-dealkylation sites (tertiary alicyclic amines) is 1. The number of anilines is 1. The number of carbonyl (C=O) groups excluding carboxylic acids is 1. The van der Waals surface area contributed by atoms with Crippen LogP contribution in [0.1, 0.15) is 25.8 Å². The Morgan fingerprint density at radius 2 is 1.95 bits per heavy atom. The molecular formula is C27H29FN6O3. The molecule has 1 amide bonds. The molecule has 4 aromatic rings. The summed E-state index contributed by atoms with van der Waals surface area (Å²) in [6.45, 7) is 4.61. The molecule has 37 heavy (non-hydrogen) atoms. The monoisotopic (exact) mass is 504 g/mol. The molecule has 192 valence electrons. The van der Waals surface area contributed by atoms with Gasteiger partial charge >= 0.3 is 0 Å². The number of rotatable bonds is 7. The standard InChI is InChI=1S/C27H29FN6O3/c1-17(28)37-25-7-5-4-6-20(25)15-34-24-12-19(8-9-23(24)26(36)32(34)3)21-13-29-27(30-14-21)31-22-10-11-33(16-22)18(2)35/h4-9,12-14,17,22H,10-11,15-16H2,1-3H3,(H,29,30,31)/t17?,22-/m0/s1. The van der Waals surface area contributed by atoms with E-state index in [0.29, 0.717) is 30.2 Å². The van der Waals surface area contributed by atoms with Crippen LogP contribution < -0.4 is 15.6 Å². The lowest BCUT2D eigenvalue weighted by Crippen LogP contribution is -2.30. The van der Waals surface area contributed by atoms with Crippen LogP contribution in [0.25, 0.3) is 22.0 Å². The number of halogens is 1. The second-order valence-corrected chi connectivity index (χ2v) is 9.28. The summed E-state index contributed by atoms with van der Waals surface area (Å²) in [4.78, 5) is 35.2. The van der Waals surface area contributed by atoms with Crippen LogP contribution in [-0.2, 0) is 18.4 Å². The van der Waals surface area contributed by atoms with Gasteiger partial charge in [0.15, 0.2) is 0 Å². The Hall–Kier alpha value is -4.21. The number of hydrogen-bond donors (Lipinski definition) is 1. The molecule has 9 nitrogen and oxygen atoms in total. The highest BCUT2D eigenvalue weighted by Crippen LogP contribution is 2.26. The SMILES string of the molecule is CC(=O)N1CC[C@H](Nc2ncc(-c3ccc4c(=O)n(C)n(Cc5ccccc5OC(C)F)c4c3)cn2)C1. The fourth-order valence-corrected chi connectivity index (χ4v) is 4.73. The van der Waals surface area contributed by atoms with Gasteiger partial charge in [-0.1, -0.05) is 24.3 Å². The van der Waals surface area contributed by atoms with Gasteiger partial charge in [-0.15, -0.1) is 0 Å². The van der Waals surface area contributed by atoms with Gasteiger partial charge in [0.1, 0.15) is 5.75 Å². The van der Waals surface area contributed by atoms with Crippen molar-refractivity contribution in [3.05, 3.63) is 70.8 Å². The topological polar surface area (TPSA) is 94.3 Å². The second kappa shape index (κ2) is 10.0. The van der Waals surface area contributed by atoms with Crippen LogP contribution in [0, 0.1) is 0 Å². The molecule has 0 aliphatic carbocycles. The van der Waals surface area contributed by atoms with E-state index in [2.05, 4.69) is 15.3 Å². The molecule has 5 rings (SSSR count). The van der Waals surface area contributed by atoms with Gasteiger partial charge in [-0.3, -0.25) is 19.0 Å². The van der Waals surface area contributed by atoms with Crippen molar-refractivity contribution >= 4 is 22.8 Å². The molecule has 1 aliphatic heterocycles. The molecule has 1 N–H and O–H groups in total. The Kier molecular flexibility index (Phi) is 6.64. The summed E-state index contributed by atoms with van der Waals surface area (Å²) in [5.74, 6) is 1.02. The van der Waals surface area contributed by atoms with Crippen molar-refractivity contribution in [3.8, 4) is 16.9 Å². The zero-order valence-corrected chi connectivity index (χ0v) is 21.0. The largest absolute Gasteiger partial charge is 0.460 e. The summed E-state index contributed by atoms with van der Waals surface area (Å²) in [6, 6.07) is 13.0. The number of amides is 1. The Bertz CT molecular complexity index is 1490. The van der Waals surface area contributed by atoms with Gasteiger partial charge in [0, 0.05) is 63.5 Å². The normalized spacial score (nSPS) is 16.2. The first-order chi connectivity index (χ1) is 17.8. The summed E-state index contributed by atoms with van der Waals surface area (Å²) in [5.41, 5.74) is 3.06. The van der Waals surface area contributed by atoms with Gasteiger partial charge in [0.25, 0.3) is 5.56 Å². The zero-order chi connectivity index (χ0) is 26.1. The molecule has 1 unspecified atom stereocenters. The lowest BCUT2D eigenvalue weighted by molar-refractivity contribution is -0.127. The van der Waals surface area contributed by atoms with E-state index in [0.717, 1.165) is 35.2 Å². The molecule has 0 radical (unpaired) electrons. The minimum Gasteiger partial charge on any atom is -0.460 e. The summed E-state index contributed by atoms with van der Waals surface area (Å²) in [5, 5.41) is 3.88. The van der Waals surface area contributed by atoms with E-state index in [-0.39, 0.29) is 17.5 Å². The predicted molar refractivity (Wildman–Crippen MR) is 139 cm³/mol. The highest BCUT2D eigenvalue weighted by Gasteiger charge is 2.24. The molecule has 1 saturated heterocycles. The van der Waals surface area contributed by atoms with Gasteiger partial charge < -0.3 is 15.0 Å². The first kappa shape index (κ1) is 24.5. The summed E-state index contributed by atoms with van der Waals surface area (Å²) in [6.07, 6.45) is 2.89. The quantitative estimate of drug-likeness (QED) is 0.414. The molecule has 10 heteroatoms. The van der Waals surface area contributed by atoms with Crippen molar-refractivity contribution in [2.24, 2.45) is 7.05 Å². The molecule has 1 aliphatic rings. The smallest absolute Gasteiger partial charge is 0.274 e. The van der Waals surface area contributed by atoms with Crippen molar-refractivity contribution in [2.45, 2.75) is 39.2 Å². The van der Waals surface area contributed by atoms with Crippen molar-refractivity contribution in [1.82, 2.24) is 24.2 Å². The van der Waals surface area contributed by atoms with Crippen molar-refractivity contribution in [2.75, 3.05) is 18.4 Å². The van der Waals surface area contributed by atoms with E-state index in [9.17, 15) is 14.0 Å². The summed E-state index contributed by atoms with van der Waals surface area (Å²) >= 11 is 0. The molecule has 3 heterocycles. The van der Waals surface area contributed by atoms with Crippen molar-refractivity contribution < 1.29 is 13.9 Å². The number of alkyl halides is 1. The zero-order valence-electron chi connectivity index (χ0n) is 21.0. The molecule has 2 aromatic heterocycles. The van der Waals surface area contributed by atoms with Crippen molar-refractivity contribution in [1.29, 1.82) is 0 Å². The highest BCUT2D eigenvalue weighted by molar-refractivity contribution is 5.84. The number of nitrogens with zero attached hydrogens (tertiary/aromatic N) is 5. The van der Waals surface area contributed by atoms with Crippen LogP contribution in [-0.4, -0.2) is 55.6 Å². The van der Waals surface area contributed by atoms with Gasteiger partial charge in [0.05, 0.1) is 17.4 Å². The minimum absolute atomic E-state index is 0.0725. The van der Waals surface area contributed by atoms with E-state index in [4.69, 9.17) is 4.74 Å². The highest BCUT2D eigenvalue weighted by atomic mass is 19.1. The number of benzene rings is 2. The summed E-state index contributed by atoms with van der Waals surface area (Å²) in [7, 11) is 1.71. The van der Waals surface area contributed by atoms with Crippen LogP contribution in [0.15, 0.2) is 59.7 Å². The predicted octanol–water partition coefficient (Wildman–Crippen LogP) is 3.57. The van der Waals surface area contributed by atoms with E-state index in [1.165, 1.54) is 6.92 Å². The maximum atomic E-state index is 13.6. The molecule has 2 atom stereocenters. The number of ether oxygens (including phenoxy) is 1. The van der Waals surface area contributed by atoms with Crippen LogP contribution in [0.2, 0.25) is 0 Å².